The van der Waals surface area contributed by atoms with E-state index in [1.54, 1.807) is 12.1 Å². The molecule has 210 valence electrons. The van der Waals surface area contributed by atoms with Crippen molar-refractivity contribution >= 4 is 43.7 Å². The molecule has 4 rings (SSSR count). The molecule has 1 N–H and O–H groups in total. The summed E-state index contributed by atoms with van der Waals surface area (Å²) in [6.07, 6.45) is 0.731. The summed E-state index contributed by atoms with van der Waals surface area (Å²) in [5.74, 6) is -1.37. The van der Waals surface area contributed by atoms with Gasteiger partial charge in [0.1, 0.15) is 10.9 Å². The molecule has 1 heterocycles. The molecule has 0 radical (unpaired) electrons. The van der Waals surface area contributed by atoms with Gasteiger partial charge in [0.25, 0.3) is 15.9 Å². The molecule has 0 aromatic heterocycles. The van der Waals surface area contributed by atoms with Crippen molar-refractivity contribution in [2.75, 3.05) is 6.54 Å². The molecule has 3 aromatic carbocycles. The molecule has 0 fully saturated rings. The summed E-state index contributed by atoms with van der Waals surface area (Å²) >= 11 is 3.42. The van der Waals surface area contributed by atoms with E-state index in [1.807, 2.05) is 68.4 Å². The number of carbonyl (C=O) groups excluding carboxylic acids is 3. The lowest BCUT2D eigenvalue weighted by Gasteiger charge is -2.32. The van der Waals surface area contributed by atoms with Crippen molar-refractivity contribution in [2.45, 2.75) is 56.6 Å². The number of nitrogens with one attached hydrogen (secondary N) is 1. The fourth-order valence-corrected chi connectivity index (χ4v) is 6.41. The van der Waals surface area contributed by atoms with Gasteiger partial charge in [-0.05, 0) is 48.7 Å². The normalized spacial score (nSPS) is 15.3. The van der Waals surface area contributed by atoms with Crippen molar-refractivity contribution in [1.82, 2.24) is 14.5 Å². The monoisotopic (exact) mass is 625 g/mol. The fraction of sp³-hybridized carbons (Fsp3) is 0.300. The van der Waals surface area contributed by atoms with Crippen LogP contribution in [0.2, 0.25) is 0 Å². The maximum absolute atomic E-state index is 13.9. The number of hydrogen-bond acceptors (Lipinski definition) is 5. The molecule has 1 aliphatic heterocycles. The van der Waals surface area contributed by atoms with Gasteiger partial charge in [0.05, 0.1) is 5.56 Å². The van der Waals surface area contributed by atoms with E-state index < -0.39 is 27.9 Å². The second-order valence-electron chi connectivity index (χ2n) is 9.80. The molecular weight excluding hydrogens is 594 g/mol. The first-order valence-electron chi connectivity index (χ1n) is 13.2. The zero-order chi connectivity index (χ0) is 28.9. The van der Waals surface area contributed by atoms with Crippen molar-refractivity contribution in [3.63, 3.8) is 0 Å². The van der Waals surface area contributed by atoms with E-state index in [2.05, 4.69) is 21.2 Å². The first kappa shape index (κ1) is 29.5. The van der Waals surface area contributed by atoms with Crippen LogP contribution in [0.4, 0.5) is 0 Å². The lowest BCUT2D eigenvalue weighted by Crippen LogP contribution is -2.52. The Labute approximate surface area is 243 Å². The van der Waals surface area contributed by atoms with Gasteiger partial charge in [-0.2, -0.15) is 0 Å². The molecule has 2 atom stereocenters. The van der Waals surface area contributed by atoms with Gasteiger partial charge in [-0.15, -0.1) is 0 Å². The summed E-state index contributed by atoms with van der Waals surface area (Å²) < 4.78 is 27.7. The molecule has 0 unspecified atom stereocenters. The van der Waals surface area contributed by atoms with Crippen LogP contribution >= 0.6 is 15.9 Å². The average Bonchev–Trinajstić information content (AvgIpc) is 3.15. The largest absolute Gasteiger partial charge is 0.352 e. The van der Waals surface area contributed by atoms with Gasteiger partial charge >= 0.3 is 0 Å². The van der Waals surface area contributed by atoms with E-state index in [-0.39, 0.29) is 48.3 Å². The van der Waals surface area contributed by atoms with Gasteiger partial charge < -0.3 is 10.2 Å². The Kier molecular flexibility index (Phi) is 9.42. The van der Waals surface area contributed by atoms with E-state index in [1.165, 1.54) is 17.0 Å². The van der Waals surface area contributed by atoms with Gasteiger partial charge in [-0.25, -0.2) is 12.7 Å². The van der Waals surface area contributed by atoms with E-state index in [4.69, 9.17) is 0 Å². The molecule has 40 heavy (non-hydrogen) atoms. The van der Waals surface area contributed by atoms with Crippen LogP contribution in [-0.4, -0.2) is 54.0 Å². The highest BCUT2D eigenvalue weighted by Crippen LogP contribution is 2.30. The average molecular weight is 627 g/mol. The predicted octanol–water partition coefficient (Wildman–Crippen LogP) is 4.54. The third kappa shape index (κ3) is 6.62. The summed E-state index contributed by atoms with van der Waals surface area (Å²) in [7, 11) is -4.06. The Morgan fingerprint density at radius 3 is 2.25 bits per heavy atom. The highest BCUT2D eigenvalue weighted by molar-refractivity contribution is 9.10. The third-order valence-corrected chi connectivity index (χ3v) is 9.35. The number of carbonyl (C=O) groups is 3. The summed E-state index contributed by atoms with van der Waals surface area (Å²) in [5, 5.41) is 3.01. The summed E-state index contributed by atoms with van der Waals surface area (Å²) in [6.45, 7) is 3.68. The van der Waals surface area contributed by atoms with Gasteiger partial charge in [0.2, 0.25) is 11.8 Å². The molecule has 0 saturated carbocycles. The van der Waals surface area contributed by atoms with Crippen LogP contribution in [0.25, 0.3) is 0 Å². The van der Waals surface area contributed by atoms with Gasteiger partial charge in [0, 0.05) is 36.4 Å². The number of benzene rings is 3. The van der Waals surface area contributed by atoms with Crippen molar-refractivity contribution in [1.29, 1.82) is 0 Å². The van der Waals surface area contributed by atoms with Crippen LogP contribution in [0.15, 0.2) is 88.2 Å². The Morgan fingerprint density at radius 1 is 0.950 bits per heavy atom. The Hall–Kier alpha value is -3.50. The molecular formula is C30H32BrN3O5S. The summed E-state index contributed by atoms with van der Waals surface area (Å²) in [4.78, 5) is 41.8. The molecule has 3 amide bonds. The molecule has 1 aliphatic rings. The lowest BCUT2D eigenvalue weighted by molar-refractivity contribution is -0.141. The standard InChI is InChI=1S/C30H32BrN3O5S/c1-3-21(2)32-29(36)26(19-22-9-5-4-6-10-22)33(20-23-13-15-24(31)16-14-23)28(35)17-18-34-30(37)25-11-7-8-12-27(25)40(34,38)39/h4-16,21,26H,3,17-20H2,1-2H3,(H,32,36)/t21-,26+/m1/s1. The Bertz CT molecular complexity index is 1480. The molecule has 0 saturated heterocycles. The smallest absolute Gasteiger partial charge is 0.269 e. The second kappa shape index (κ2) is 12.8. The first-order chi connectivity index (χ1) is 19.1. The van der Waals surface area contributed by atoms with Crippen LogP contribution in [0.3, 0.4) is 0 Å². The topological polar surface area (TPSA) is 104 Å². The number of sulfonamides is 1. The Morgan fingerprint density at radius 2 is 1.60 bits per heavy atom. The third-order valence-electron chi connectivity index (χ3n) is 6.98. The number of amides is 3. The van der Waals surface area contributed by atoms with Crippen molar-refractivity contribution in [3.8, 4) is 0 Å². The lowest BCUT2D eigenvalue weighted by atomic mass is 10.0. The fourth-order valence-electron chi connectivity index (χ4n) is 4.57. The first-order valence-corrected chi connectivity index (χ1v) is 15.4. The van der Waals surface area contributed by atoms with Crippen LogP contribution < -0.4 is 5.32 Å². The quantitative estimate of drug-likeness (QED) is 0.337. The maximum Gasteiger partial charge on any atom is 0.269 e. The molecule has 8 nitrogen and oxygen atoms in total. The van der Waals surface area contributed by atoms with Crippen molar-refractivity contribution in [2.24, 2.45) is 0 Å². The molecule has 10 heteroatoms. The minimum atomic E-state index is -4.06. The van der Waals surface area contributed by atoms with Gasteiger partial charge in [-0.3, -0.25) is 14.4 Å². The number of fused-ring (bicyclic) bond motifs is 1. The van der Waals surface area contributed by atoms with Crippen LogP contribution in [0.1, 0.15) is 48.2 Å². The molecule has 0 spiro atoms. The number of rotatable bonds is 11. The minimum absolute atomic E-state index is 0.0611. The number of hydrogen-bond donors (Lipinski definition) is 1. The van der Waals surface area contributed by atoms with E-state index in [0.29, 0.717) is 0 Å². The highest BCUT2D eigenvalue weighted by Gasteiger charge is 2.41. The van der Waals surface area contributed by atoms with E-state index >= 15 is 0 Å². The summed E-state index contributed by atoms with van der Waals surface area (Å²) in [5.41, 5.74) is 1.79. The van der Waals surface area contributed by atoms with Gasteiger partial charge in [0.15, 0.2) is 0 Å². The molecule has 0 aliphatic carbocycles. The molecule has 3 aromatic rings. The van der Waals surface area contributed by atoms with Crippen LogP contribution in [0, 0.1) is 0 Å². The van der Waals surface area contributed by atoms with Gasteiger partial charge in [-0.1, -0.05) is 77.5 Å². The Balaban J connectivity index is 1.64. The maximum atomic E-state index is 13.9. The minimum Gasteiger partial charge on any atom is -0.352 e. The number of nitrogens with zero attached hydrogens (tertiary/aromatic N) is 2. The SMILES string of the molecule is CC[C@@H](C)NC(=O)[C@H](Cc1ccccc1)N(Cc1ccc(Br)cc1)C(=O)CCN1C(=O)c2ccccc2S1(=O)=O. The zero-order valence-corrected chi connectivity index (χ0v) is 24.8. The van der Waals surface area contributed by atoms with Crippen molar-refractivity contribution in [3.05, 3.63) is 100 Å². The van der Waals surface area contributed by atoms with Crippen molar-refractivity contribution < 1.29 is 22.8 Å². The van der Waals surface area contributed by atoms with E-state index in [9.17, 15) is 22.8 Å². The number of halogens is 1. The summed E-state index contributed by atoms with van der Waals surface area (Å²) in [6, 6.07) is 21.9. The second-order valence-corrected chi connectivity index (χ2v) is 12.5. The highest BCUT2D eigenvalue weighted by atomic mass is 79.9. The zero-order valence-electron chi connectivity index (χ0n) is 22.4. The molecule has 0 bridgehead atoms. The van der Waals surface area contributed by atoms with E-state index in [0.717, 1.165) is 26.3 Å². The predicted molar refractivity (Wildman–Crippen MR) is 156 cm³/mol. The van der Waals surface area contributed by atoms with Crippen LogP contribution in [-0.2, 0) is 32.6 Å². The van der Waals surface area contributed by atoms with Crippen LogP contribution in [0.5, 0.6) is 0 Å².